The van der Waals surface area contributed by atoms with E-state index < -0.39 is 11.9 Å². The fraction of sp³-hybridized carbons (Fsp3) is 0.176. The molecule has 0 fully saturated rings. The van der Waals surface area contributed by atoms with Crippen molar-refractivity contribution in [3.63, 3.8) is 0 Å². The smallest absolute Gasteiger partial charge is 0.338 e. The molecule has 1 heterocycles. The van der Waals surface area contributed by atoms with Crippen molar-refractivity contribution >= 4 is 17.6 Å². The van der Waals surface area contributed by atoms with Crippen LogP contribution in [0.3, 0.4) is 0 Å². The van der Waals surface area contributed by atoms with Gasteiger partial charge in [-0.15, -0.1) is 0 Å². The molecule has 0 spiro atoms. The van der Waals surface area contributed by atoms with Gasteiger partial charge in [-0.3, -0.25) is 4.79 Å². The van der Waals surface area contributed by atoms with E-state index in [2.05, 4.69) is 5.32 Å². The third-order valence-electron chi connectivity index (χ3n) is 3.38. The number of rotatable bonds is 5. The van der Waals surface area contributed by atoms with Gasteiger partial charge in [0.1, 0.15) is 0 Å². The predicted octanol–water partition coefficient (Wildman–Crippen LogP) is 1.47. The molecule has 7 heteroatoms. The Kier molecular flexibility index (Phi) is 4.51. The van der Waals surface area contributed by atoms with Crippen LogP contribution >= 0.6 is 0 Å². The van der Waals surface area contributed by atoms with Crippen LogP contribution in [0.5, 0.6) is 11.5 Å². The summed E-state index contributed by atoms with van der Waals surface area (Å²) in [5, 5.41) is 2.67. The van der Waals surface area contributed by atoms with Gasteiger partial charge in [0.15, 0.2) is 18.1 Å². The van der Waals surface area contributed by atoms with E-state index in [1.54, 1.807) is 30.3 Å². The standard InChI is InChI=1S/C17H16N2O5/c18-13-3-1-2-12(7-13)17(21)22-9-16(20)19-8-11-4-5-14-15(6-11)24-10-23-14/h1-7H,8-10,18H2,(H,19,20). The van der Waals surface area contributed by atoms with Crippen LogP contribution in [0.4, 0.5) is 5.69 Å². The third-order valence-corrected chi connectivity index (χ3v) is 3.38. The lowest BCUT2D eigenvalue weighted by Gasteiger charge is -2.07. The monoisotopic (exact) mass is 328 g/mol. The van der Waals surface area contributed by atoms with Crippen molar-refractivity contribution in [3.8, 4) is 11.5 Å². The number of hydrogen-bond acceptors (Lipinski definition) is 6. The summed E-state index contributed by atoms with van der Waals surface area (Å²) in [6, 6.07) is 11.8. The van der Waals surface area contributed by atoms with Gasteiger partial charge < -0.3 is 25.3 Å². The highest BCUT2D eigenvalue weighted by Gasteiger charge is 2.14. The van der Waals surface area contributed by atoms with Crippen molar-refractivity contribution in [1.29, 1.82) is 0 Å². The molecule has 0 saturated heterocycles. The Morgan fingerprint density at radius 2 is 1.96 bits per heavy atom. The molecule has 3 rings (SSSR count). The van der Waals surface area contributed by atoms with Crippen LogP contribution in [0.15, 0.2) is 42.5 Å². The lowest BCUT2D eigenvalue weighted by molar-refractivity contribution is -0.124. The second kappa shape index (κ2) is 6.91. The zero-order chi connectivity index (χ0) is 16.9. The number of nitrogens with two attached hydrogens (primary N) is 1. The van der Waals surface area contributed by atoms with Crippen LogP contribution in [-0.2, 0) is 16.1 Å². The molecular formula is C17H16N2O5. The molecule has 1 aliphatic heterocycles. The minimum Gasteiger partial charge on any atom is -0.454 e. The summed E-state index contributed by atoms with van der Waals surface area (Å²) in [5.74, 6) is 0.335. The molecule has 24 heavy (non-hydrogen) atoms. The van der Waals surface area contributed by atoms with E-state index in [1.165, 1.54) is 6.07 Å². The molecule has 0 atom stereocenters. The van der Waals surface area contributed by atoms with Crippen LogP contribution in [0.1, 0.15) is 15.9 Å². The van der Waals surface area contributed by atoms with Crippen molar-refractivity contribution in [2.24, 2.45) is 0 Å². The minimum atomic E-state index is -0.597. The van der Waals surface area contributed by atoms with Crippen LogP contribution in [0.2, 0.25) is 0 Å². The van der Waals surface area contributed by atoms with Gasteiger partial charge in [-0.05, 0) is 35.9 Å². The van der Waals surface area contributed by atoms with Crippen LogP contribution < -0.4 is 20.5 Å². The Balaban J connectivity index is 1.47. The number of anilines is 1. The van der Waals surface area contributed by atoms with E-state index in [-0.39, 0.29) is 13.4 Å². The van der Waals surface area contributed by atoms with Crippen molar-refractivity contribution < 1.29 is 23.8 Å². The van der Waals surface area contributed by atoms with Crippen LogP contribution in [-0.4, -0.2) is 25.3 Å². The molecule has 0 saturated carbocycles. The molecule has 2 aromatic rings. The third kappa shape index (κ3) is 3.75. The molecule has 124 valence electrons. The van der Waals surface area contributed by atoms with Gasteiger partial charge in [0, 0.05) is 12.2 Å². The summed E-state index contributed by atoms with van der Waals surface area (Å²) in [4.78, 5) is 23.6. The largest absolute Gasteiger partial charge is 0.454 e. The lowest BCUT2D eigenvalue weighted by Crippen LogP contribution is -2.28. The Hall–Kier alpha value is -3.22. The number of nitrogen functional groups attached to an aromatic ring is 1. The van der Waals surface area contributed by atoms with Gasteiger partial charge in [0.25, 0.3) is 5.91 Å². The Bertz CT molecular complexity index is 775. The molecular weight excluding hydrogens is 312 g/mol. The SMILES string of the molecule is Nc1cccc(C(=O)OCC(=O)NCc2ccc3c(c2)OCO3)c1. The van der Waals surface area contributed by atoms with Gasteiger partial charge in [0.05, 0.1) is 5.56 Å². The molecule has 7 nitrogen and oxygen atoms in total. The fourth-order valence-electron chi connectivity index (χ4n) is 2.18. The van der Waals surface area contributed by atoms with Crippen molar-refractivity contribution in [1.82, 2.24) is 5.32 Å². The highest BCUT2D eigenvalue weighted by atomic mass is 16.7. The zero-order valence-electron chi connectivity index (χ0n) is 12.8. The van der Waals surface area contributed by atoms with Crippen molar-refractivity contribution in [2.75, 3.05) is 19.1 Å². The predicted molar refractivity (Wildman–Crippen MR) is 85.5 cm³/mol. The Morgan fingerprint density at radius 3 is 2.79 bits per heavy atom. The quantitative estimate of drug-likeness (QED) is 0.637. The van der Waals surface area contributed by atoms with E-state index in [0.717, 1.165) is 5.56 Å². The van der Waals surface area contributed by atoms with Gasteiger partial charge >= 0.3 is 5.97 Å². The Morgan fingerprint density at radius 1 is 1.12 bits per heavy atom. The first-order valence-corrected chi connectivity index (χ1v) is 7.30. The summed E-state index contributed by atoms with van der Waals surface area (Å²) in [7, 11) is 0. The molecule has 3 N–H and O–H groups in total. The van der Waals surface area contributed by atoms with Crippen LogP contribution in [0.25, 0.3) is 0 Å². The second-order valence-electron chi connectivity index (χ2n) is 5.17. The average Bonchev–Trinajstić information content (AvgIpc) is 3.05. The normalized spacial score (nSPS) is 11.8. The minimum absolute atomic E-state index is 0.200. The second-order valence-corrected chi connectivity index (χ2v) is 5.17. The van der Waals surface area contributed by atoms with Crippen molar-refractivity contribution in [3.05, 3.63) is 53.6 Å². The Labute approximate surface area is 138 Å². The van der Waals surface area contributed by atoms with Gasteiger partial charge in [0.2, 0.25) is 6.79 Å². The molecule has 0 radical (unpaired) electrons. The van der Waals surface area contributed by atoms with E-state index in [1.807, 2.05) is 6.07 Å². The number of amides is 1. The maximum absolute atomic E-state index is 11.8. The highest BCUT2D eigenvalue weighted by molar-refractivity contribution is 5.92. The van der Waals surface area contributed by atoms with Gasteiger partial charge in [-0.25, -0.2) is 4.79 Å². The number of esters is 1. The molecule has 1 amide bonds. The zero-order valence-corrected chi connectivity index (χ0v) is 12.8. The number of hydrogen-bond donors (Lipinski definition) is 2. The van der Waals surface area contributed by atoms with Gasteiger partial charge in [-0.2, -0.15) is 0 Å². The maximum atomic E-state index is 11.8. The first-order chi connectivity index (χ1) is 11.6. The number of carbonyl (C=O) groups is 2. The summed E-state index contributed by atoms with van der Waals surface area (Å²) < 4.78 is 15.4. The molecule has 0 unspecified atom stereocenters. The van der Waals surface area contributed by atoms with E-state index >= 15 is 0 Å². The number of ether oxygens (including phenoxy) is 3. The molecule has 1 aliphatic rings. The van der Waals surface area contributed by atoms with E-state index in [0.29, 0.717) is 29.3 Å². The average molecular weight is 328 g/mol. The fourth-order valence-corrected chi connectivity index (χ4v) is 2.18. The summed E-state index contributed by atoms with van der Waals surface area (Å²) in [6.07, 6.45) is 0. The maximum Gasteiger partial charge on any atom is 0.338 e. The van der Waals surface area contributed by atoms with E-state index in [4.69, 9.17) is 19.9 Å². The lowest BCUT2D eigenvalue weighted by atomic mass is 10.2. The van der Waals surface area contributed by atoms with E-state index in [9.17, 15) is 9.59 Å². The summed E-state index contributed by atoms with van der Waals surface area (Å²) in [6.45, 7) is 0.134. The molecule has 0 aliphatic carbocycles. The van der Waals surface area contributed by atoms with Gasteiger partial charge in [-0.1, -0.05) is 12.1 Å². The number of carbonyl (C=O) groups excluding carboxylic acids is 2. The first kappa shape index (κ1) is 15.7. The summed E-state index contributed by atoms with van der Waals surface area (Å²) in [5.41, 5.74) is 7.21. The first-order valence-electron chi connectivity index (χ1n) is 7.30. The number of nitrogens with one attached hydrogen (secondary N) is 1. The van der Waals surface area contributed by atoms with Crippen molar-refractivity contribution in [2.45, 2.75) is 6.54 Å². The molecule has 2 aromatic carbocycles. The highest BCUT2D eigenvalue weighted by Crippen LogP contribution is 2.32. The number of fused-ring (bicyclic) bond motifs is 1. The number of benzene rings is 2. The summed E-state index contributed by atoms with van der Waals surface area (Å²) >= 11 is 0. The van der Waals surface area contributed by atoms with Crippen LogP contribution in [0, 0.1) is 0 Å². The molecule has 0 aromatic heterocycles. The topological polar surface area (TPSA) is 99.9 Å². The molecule has 0 bridgehead atoms.